The molecule has 19 heteroatoms. The van der Waals surface area contributed by atoms with Gasteiger partial charge < -0.3 is 41.3 Å². The highest BCUT2D eigenvalue weighted by atomic mass is 79.9. The molecule has 0 saturated carbocycles. The van der Waals surface area contributed by atoms with Gasteiger partial charge in [-0.3, -0.25) is 19.2 Å². The van der Waals surface area contributed by atoms with E-state index in [4.69, 9.17) is 17.9 Å². The van der Waals surface area contributed by atoms with E-state index >= 15 is 0 Å². The summed E-state index contributed by atoms with van der Waals surface area (Å²) in [6.45, 7) is 4.90. The number of fused-ring (bicyclic) bond motifs is 2. The number of likely N-dealkylation sites (tertiary alicyclic amines) is 2. The number of terminal acetylenes is 1. The van der Waals surface area contributed by atoms with Crippen LogP contribution >= 0.6 is 15.9 Å². The maximum absolute atomic E-state index is 12.2. The first kappa shape index (κ1) is 46.2. The van der Waals surface area contributed by atoms with Crippen molar-refractivity contribution in [2.45, 2.75) is 49.7 Å². The van der Waals surface area contributed by atoms with Gasteiger partial charge in [0.25, 0.3) is 23.6 Å². The summed E-state index contributed by atoms with van der Waals surface area (Å²) in [5.41, 5.74) is 12.0. The zero-order valence-electron chi connectivity index (χ0n) is 37.0. The van der Waals surface area contributed by atoms with Crippen LogP contribution < -0.4 is 21.3 Å². The fraction of sp³-hybridized carbons (Fsp3) is 0.333. The summed E-state index contributed by atoms with van der Waals surface area (Å²) in [5, 5.41) is 30.0. The Kier molecular flexibility index (Phi) is 13.0. The van der Waals surface area contributed by atoms with Gasteiger partial charge in [0.15, 0.2) is 11.4 Å². The molecule has 10 rings (SSSR count). The molecule has 6 N–H and O–H groups in total. The van der Waals surface area contributed by atoms with Crippen LogP contribution in [-0.2, 0) is 9.59 Å². The smallest absolute Gasteiger partial charge is 0.269 e. The molecule has 2 atom stereocenters. The summed E-state index contributed by atoms with van der Waals surface area (Å²) in [7, 11) is 3.27. The Bertz CT molecular complexity index is 3030. The van der Waals surface area contributed by atoms with E-state index in [1.165, 1.54) is 22.6 Å². The molecule has 2 aromatic carbocycles. The SMILES string of the molecule is C#C[C@]1(O)CCN(C)C1=O.CN1CC[C@@](O)(C#Cc2cccc(-n3nc(C(N)=O)c4cnc(N5CCCC5)cc43)c2)C1=O.NC(=O)c1nn(-c2cccc(Br)c2)c2cc(N3CCCC3)ncc12. The van der Waals surface area contributed by atoms with Crippen molar-refractivity contribution in [1.29, 1.82) is 0 Å². The van der Waals surface area contributed by atoms with E-state index in [0.717, 1.165) is 71.8 Å². The van der Waals surface area contributed by atoms with Crippen LogP contribution in [0.15, 0.2) is 77.5 Å². The minimum atomic E-state index is -1.67. The summed E-state index contributed by atoms with van der Waals surface area (Å²) >= 11 is 3.47. The zero-order valence-corrected chi connectivity index (χ0v) is 38.6. The van der Waals surface area contributed by atoms with Crippen LogP contribution in [-0.4, -0.2) is 138 Å². The lowest BCUT2D eigenvalue weighted by Gasteiger charge is -2.16. The predicted molar refractivity (Wildman–Crippen MR) is 255 cm³/mol. The van der Waals surface area contributed by atoms with Gasteiger partial charge in [0.2, 0.25) is 11.2 Å². The summed E-state index contributed by atoms with van der Waals surface area (Å²) in [4.78, 5) is 63.4. The minimum absolute atomic E-state index is 0.149. The molecule has 6 aromatic rings. The van der Waals surface area contributed by atoms with Gasteiger partial charge in [-0.05, 0) is 62.1 Å². The van der Waals surface area contributed by atoms with E-state index in [2.05, 4.69) is 63.7 Å². The van der Waals surface area contributed by atoms with E-state index in [9.17, 15) is 29.4 Å². The number of amides is 4. The van der Waals surface area contributed by atoms with Crippen molar-refractivity contribution in [2.75, 3.05) is 63.2 Å². The van der Waals surface area contributed by atoms with Crippen LogP contribution in [0.5, 0.6) is 0 Å². The Balaban J connectivity index is 0.000000156. The maximum Gasteiger partial charge on any atom is 0.269 e. The Hall–Kier alpha value is -7.32. The number of carbonyl (C=O) groups is 4. The number of primary amides is 2. The Morgan fingerprint density at radius 1 is 0.687 bits per heavy atom. The third-order valence-corrected chi connectivity index (χ3v) is 12.7. The van der Waals surface area contributed by atoms with Crippen molar-refractivity contribution in [3.05, 3.63) is 94.5 Å². The molecule has 0 bridgehead atoms. The summed E-state index contributed by atoms with van der Waals surface area (Å²) in [5.74, 6) is 7.55. The molecule has 18 nitrogen and oxygen atoms in total. The third kappa shape index (κ3) is 9.39. The van der Waals surface area contributed by atoms with Crippen LogP contribution in [0, 0.1) is 24.2 Å². The van der Waals surface area contributed by atoms with E-state index in [0.29, 0.717) is 41.5 Å². The number of benzene rings is 2. The monoisotopic (exact) mass is 968 g/mol. The maximum atomic E-state index is 12.2. The molecule has 0 unspecified atom stereocenters. The van der Waals surface area contributed by atoms with Crippen molar-refractivity contribution < 1.29 is 29.4 Å². The van der Waals surface area contributed by atoms with Crippen molar-refractivity contribution in [1.82, 2.24) is 39.3 Å². The molecule has 0 radical (unpaired) electrons. The van der Waals surface area contributed by atoms with Crippen molar-refractivity contribution in [3.8, 4) is 35.6 Å². The van der Waals surface area contributed by atoms with Gasteiger partial charge in [0.05, 0.1) is 33.2 Å². The highest BCUT2D eigenvalue weighted by molar-refractivity contribution is 9.10. The second-order valence-electron chi connectivity index (χ2n) is 16.9. The second kappa shape index (κ2) is 18.9. The molecule has 0 aliphatic carbocycles. The number of carbonyl (C=O) groups excluding carboxylic acids is 4. The number of hydrogen-bond donors (Lipinski definition) is 4. The first-order chi connectivity index (χ1) is 32.1. The largest absolute Gasteiger partial charge is 0.369 e. The Morgan fingerprint density at radius 3 is 1.57 bits per heavy atom. The molecule has 4 aliphatic rings. The lowest BCUT2D eigenvalue weighted by Crippen LogP contribution is -2.37. The summed E-state index contributed by atoms with van der Waals surface area (Å²) in [6, 6.07) is 18.9. The molecule has 0 spiro atoms. The second-order valence-corrected chi connectivity index (χ2v) is 17.8. The Morgan fingerprint density at radius 2 is 1.15 bits per heavy atom. The number of pyridine rings is 2. The quantitative estimate of drug-likeness (QED) is 0.176. The first-order valence-corrected chi connectivity index (χ1v) is 22.6. The van der Waals surface area contributed by atoms with Gasteiger partial charge in [-0.2, -0.15) is 10.2 Å². The van der Waals surface area contributed by atoms with Gasteiger partial charge >= 0.3 is 0 Å². The number of rotatable bonds is 6. The highest BCUT2D eigenvalue weighted by Crippen LogP contribution is 2.30. The lowest BCUT2D eigenvalue weighted by atomic mass is 10.0. The van der Waals surface area contributed by atoms with Crippen LogP contribution in [0.1, 0.15) is 65.1 Å². The molecule has 4 fully saturated rings. The standard InChI is InChI=1S/C24H24N6O3.C17H16BrN5O.C7H9NO2/c1-28-12-9-24(33,23(28)32)8-7-16-5-4-6-17(13-16)30-19-14-20(29-10-2-3-11-29)26-15-18(19)21(27-30)22(25)31;18-11-4-3-5-12(8-11)23-14-9-15(22-6-1-2-7-22)20-10-13(14)16(21-23)17(19)24;1-3-7(10)4-5-8(2)6(7)9/h4-6,13-15,33H,2-3,9-12H2,1H3,(H2,25,31);3-5,8-10H,1-2,6-7H2,(H2,19,24);1,10H,4-5H2,2H3/t24-;;7-/m0.0/s1. The average molecular weight is 970 g/mol. The number of anilines is 2. The predicted octanol–water partition coefficient (Wildman–Crippen LogP) is 3.16. The molecule has 344 valence electrons. The molecule has 4 amide bonds. The molecule has 4 aromatic heterocycles. The first-order valence-electron chi connectivity index (χ1n) is 21.8. The zero-order chi connectivity index (χ0) is 47.6. The third-order valence-electron chi connectivity index (χ3n) is 12.2. The summed E-state index contributed by atoms with van der Waals surface area (Å²) in [6.07, 6.45) is 13.5. The van der Waals surface area contributed by atoms with Crippen LogP contribution in [0.3, 0.4) is 0 Å². The van der Waals surface area contributed by atoms with Crippen LogP contribution in [0.25, 0.3) is 33.2 Å². The number of aliphatic hydroxyl groups is 2. The molecule has 67 heavy (non-hydrogen) atoms. The van der Waals surface area contributed by atoms with Crippen molar-refractivity contribution in [2.24, 2.45) is 11.5 Å². The van der Waals surface area contributed by atoms with Crippen molar-refractivity contribution in [3.63, 3.8) is 0 Å². The van der Waals surface area contributed by atoms with Gasteiger partial charge in [0.1, 0.15) is 11.6 Å². The van der Waals surface area contributed by atoms with Crippen molar-refractivity contribution >= 4 is 73.0 Å². The van der Waals surface area contributed by atoms with E-state index in [1.54, 1.807) is 48.0 Å². The van der Waals surface area contributed by atoms with Crippen LogP contribution in [0.4, 0.5) is 11.6 Å². The molecule has 8 heterocycles. The number of likely N-dealkylation sites (N-methyl/N-ethyl adjacent to an activating group) is 2. The molecule has 4 aliphatic heterocycles. The van der Waals surface area contributed by atoms with E-state index in [1.807, 2.05) is 48.5 Å². The topological polar surface area (TPSA) is 235 Å². The fourth-order valence-electron chi connectivity index (χ4n) is 8.45. The highest BCUT2D eigenvalue weighted by Gasteiger charge is 2.43. The number of aromatic nitrogens is 6. The van der Waals surface area contributed by atoms with Crippen LogP contribution in [0.2, 0.25) is 0 Å². The number of nitrogens with zero attached hydrogens (tertiary/aromatic N) is 10. The number of hydrogen-bond acceptors (Lipinski definition) is 12. The Labute approximate surface area is 394 Å². The number of halogens is 1. The molecular formula is C48H49BrN12O6. The number of nitrogens with two attached hydrogens (primary N) is 2. The van der Waals surface area contributed by atoms with Gasteiger partial charge in [-0.1, -0.05) is 45.8 Å². The fourth-order valence-corrected chi connectivity index (χ4v) is 8.84. The minimum Gasteiger partial charge on any atom is -0.369 e. The molecular weight excluding hydrogens is 921 g/mol. The van der Waals surface area contributed by atoms with E-state index in [-0.39, 0.29) is 23.7 Å². The lowest BCUT2D eigenvalue weighted by molar-refractivity contribution is -0.138. The van der Waals surface area contributed by atoms with E-state index < -0.39 is 28.9 Å². The van der Waals surface area contributed by atoms with Gasteiger partial charge in [-0.15, -0.1) is 6.42 Å². The summed E-state index contributed by atoms with van der Waals surface area (Å²) < 4.78 is 4.35. The van der Waals surface area contributed by atoms with Gasteiger partial charge in [-0.25, -0.2) is 19.3 Å². The average Bonchev–Trinajstić information content (AvgIpc) is 4.21. The molecule has 4 saturated heterocycles. The van der Waals surface area contributed by atoms with Gasteiger partial charge in [0, 0.05) is 101 Å². The normalized spacial score (nSPS) is 20.1.